The maximum absolute atomic E-state index is 11.5. The van der Waals surface area contributed by atoms with Gasteiger partial charge in [-0.05, 0) is 6.92 Å². The normalized spacial score (nSPS) is 18.6. The van der Waals surface area contributed by atoms with Crippen LogP contribution in [-0.2, 0) is 9.53 Å². The number of rotatable bonds is 7. The van der Waals surface area contributed by atoms with Gasteiger partial charge < -0.3 is 20.1 Å². The van der Waals surface area contributed by atoms with E-state index in [1.807, 2.05) is 6.92 Å². The van der Waals surface area contributed by atoms with E-state index >= 15 is 0 Å². The Labute approximate surface area is 109 Å². The predicted octanol–water partition coefficient (Wildman–Crippen LogP) is -1.25. The number of β-amino-alcohol motifs (C(OH)–C–C–N with tert-alkyl or cyclic N) is 1. The van der Waals surface area contributed by atoms with Gasteiger partial charge in [0.15, 0.2) is 0 Å². The molecule has 0 aromatic rings. The zero-order valence-electron chi connectivity index (χ0n) is 11.4. The molecule has 1 amide bonds. The Bertz CT molecular complexity index is 245. The summed E-state index contributed by atoms with van der Waals surface area (Å²) < 4.78 is 5.24. The number of ether oxygens (including phenoxy) is 1. The van der Waals surface area contributed by atoms with Crippen LogP contribution < -0.4 is 5.32 Å². The maximum atomic E-state index is 11.5. The fourth-order valence-electron chi connectivity index (χ4n) is 1.80. The third-order valence-corrected chi connectivity index (χ3v) is 3.13. The van der Waals surface area contributed by atoms with E-state index in [-0.39, 0.29) is 12.5 Å². The van der Waals surface area contributed by atoms with Crippen LogP contribution in [0.3, 0.4) is 0 Å². The number of carbonyl (C=O) groups is 1. The van der Waals surface area contributed by atoms with Crippen LogP contribution in [-0.4, -0.2) is 86.4 Å². The summed E-state index contributed by atoms with van der Waals surface area (Å²) in [7, 11) is 1.77. The third kappa shape index (κ3) is 5.77. The van der Waals surface area contributed by atoms with Crippen LogP contribution in [0.4, 0.5) is 0 Å². The van der Waals surface area contributed by atoms with Crippen molar-refractivity contribution in [2.45, 2.75) is 13.0 Å². The van der Waals surface area contributed by atoms with E-state index in [0.29, 0.717) is 19.6 Å². The van der Waals surface area contributed by atoms with Crippen molar-refractivity contribution in [3.05, 3.63) is 0 Å². The Kier molecular flexibility index (Phi) is 7.19. The first-order valence-corrected chi connectivity index (χ1v) is 6.56. The minimum Gasteiger partial charge on any atom is -0.390 e. The Hall–Kier alpha value is -0.690. The minimum atomic E-state index is -0.442. The second-order valence-corrected chi connectivity index (χ2v) is 4.61. The highest BCUT2D eigenvalue weighted by Gasteiger charge is 2.15. The molecule has 1 aliphatic rings. The van der Waals surface area contributed by atoms with Gasteiger partial charge in [0.25, 0.3) is 0 Å². The fraction of sp³-hybridized carbons (Fsp3) is 0.917. The number of hydrogen-bond acceptors (Lipinski definition) is 5. The van der Waals surface area contributed by atoms with E-state index in [4.69, 9.17) is 4.74 Å². The molecule has 0 radical (unpaired) electrons. The lowest BCUT2D eigenvalue weighted by atomic mass is 10.3. The predicted molar refractivity (Wildman–Crippen MR) is 69.4 cm³/mol. The van der Waals surface area contributed by atoms with Gasteiger partial charge in [0.05, 0.1) is 25.9 Å². The summed E-state index contributed by atoms with van der Waals surface area (Å²) in [5.74, 6) is 0.0519. The summed E-state index contributed by atoms with van der Waals surface area (Å²) in [5.41, 5.74) is 0. The Morgan fingerprint density at radius 3 is 2.78 bits per heavy atom. The number of morpholine rings is 1. The number of nitrogens with zero attached hydrogens (tertiary/aromatic N) is 2. The molecular formula is C12H25N3O3. The number of aliphatic hydroxyl groups excluding tert-OH is 1. The van der Waals surface area contributed by atoms with Crippen molar-refractivity contribution in [2.75, 3.05) is 59.5 Å². The van der Waals surface area contributed by atoms with Crippen molar-refractivity contribution in [3.63, 3.8) is 0 Å². The van der Waals surface area contributed by atoms with Gasteiger partial charge in [-0.1, -0.05) is 0 Å². The van der Waals surface area contributed by atoms with Crippen molar-refractivity contribution >= 4 is 5.91 Å². The average Bonchev–Trinajstić information content (AvgIpc) is 2.38. The summed E-state index contributed by atoms with van der Waals surface area (Å²) in [6, 6.07) is 0. The molecule has 0 aliphatic carbocycles. The Balaban J connectivity index is 2.09. The second-order valence-electron chi connectivity index (χ2n) is 4.61. The zero-order chi connectivity index (χ0) is 13.4. The number of amides is 1. The molecule has 6 nitrogen and oxygen atoms in total. The SMILES string of the molecule is CCN(C)C(=O)CNCC(O)CN1CCOCC1. The van der Waals surface area contributed by atoms with Gasteiger partial charge in [0.1, 0.15) is 0 Å². The highest BCUT2D eigenvalue weighted by atomic mass is 16.5. The molecular weight excluding hydrogens is 234 g/mol. The molecule has 1 aliphatic heterocycles. The van der Waals surface area contributed by atoms with E-state index in [2.05, 4.69) is 10.2 Å². The molecule has 0 saturated carbocycles. The molecule has 6 heteroatoms. The van der Waals surface area contributed by atoms with Gasteiger partial charge in [0, 0.05) is 39.8 Å². The first-order chi connectivity index (χ1) is 8.63. The molecule has 0 aromatic heterocycles. The van der Waals surface area contributed by atoms with Gasteiger partial charge in [-0.15, -0.1) is 0 Å². The maximum Gasteiger partial charge on any atom is 0.236 e. The molecule has 1 fully saturated rings. The Morgan fingerprint density at radius 2 is 2.17 bits per heavy atom. The van der Waals surface area contributed by atoms with Crippen LogP contribution in [0.1, 0.15) is 6.92 Å². The monoisotopic (exact) mass is 259 g/mol. The number of likely N-dealkylation sites (N-methyl/N-ethyl adjacent to an activating group) is 1. The molecule has 1 saturated heterocycles. The van der Waals surface area contributed by atoms with Crippen molar-refractivity contribution in [1.82, 2.24) is 15.1 Å². The summed E-state index contributed by atoms with van der Waals surface area (Å²) in [6.45, 7) is 7.21. The smallest absolute Gasteiger partial charge is 0.236 e. The number of aliphatic hydroxyl groups is 1. The summed E-state index contributed by atoms with van der Waals surface area (Å²) >= 11 is 0. The van der Waals surface area contributed by atoms with Crippen molar-refractivity contribution in [1.29, 1.82) is 0 Å². The van der Waals surface area contributed by atoms with Crippen molar-refractivity contribution < 1.29 is 14.6 Å². The number of hydrogen-bond donors (Lipinski definition) is 2. The highest BCUT2D eigenvalue weighted by Crippen LogP contribution is 1.98. The summed E-state index contributed by atoms with van der Waals surface area (Å²) in [6.07, 6.45) is -0.442. The van der Waals surface area contributed by atoms with Gasteiger partial charge in [0.2, 0.25) is 5.91 Å². The minimum absolute atomic E-state index is 0.0519. The molecule has 1 unspecified atom stereocenters. The van der Waals surface area contributed by atoms with E-state index in [9.17, 15) is 9.90 Å². The van der Waals surface area contributed by atoms with E-state index in [0.717, 1.165) is 26.3 Å². The largest absolute Gasteiger partial charge is 0.390 e. The van der Waals surface area contributed by atoms with E-state index < -0.39 is 6.10 Å². The molecule has 18 heavy (non-hydrogen) atoms. The molecule has 1 rings (SSSR count). The average molecular weight is 259 g/mol. The van der Waals surface area contributed by atoms with Crippen LogP contribution in [0.2, 0.25) is 0 Å². The number of nitrogens with one attached hydrogen (secondary N) is 1. The van der Waals surface area contributed by atoms with Crippen LogP contribution in [0.5, 0.6) is 0 Å². The summed E-state index contributed by atoms with van der Waals surface area (Å²) in [5, 5.41) is 12.8. The highest BCUT2D eigenvalue weighted by molar-refractivity contribution is 5.77. The quantitative estimate of drug-likeness (QED) is 0.598. The van der Waals surface area contributed by atoms with E-state index in [1.165, 1.54) is 0 Å². The van der Waals surface area contributed by atoms with Gasteiger partial charge in [-0.25, -0.2) is 0 Å². The standard InChI is InChI=1S/C12H25N3O3/c1-3-14(2)12(17)9-13-8-11(16)10-15-4-6-18-7-5-15/h11,13,16H,3-10H2,1-2H3. The van der Waals surface area contributed by atoms with Gasteiger partial charge in [-0.3, -0.25) is 9.69 Å². The van der Waals surface area contributed by atoms with Crippen LogP contribution in [0.25, 0.3) is 0 Å². The molecule has 1 atom stereocenters. The lowest BCUT2D eigenvalue weighted by molar-refractivity contribution is -0.128. The van der Waals surface area contributed by atoms with Gasteiger partial charge >= 0.3 is 0 Å². The summed E-state index contributed by atoms with van der Waals surface area (Å²) in [4.78, 5) is 15.3. The lowest BCUT2D eigenvalue weighted by Crippen LogP contribution is -2.45. The fourth-order valence-corrected chi connectivity index (χ4v) is 1.80. The molecule has 0 bridgehead atoms. The molecule has 1 heterocycles. The van der Waals surface area contributed by atoms with Crippen molar-refractivity contribution in [2.24, 2.45) is 0 Å². The number of carbonyl (C=O) groups excluding carboxylic acids is 1. The van der Waals surface area contributed by atoms with Crippen LogP contribution in [0, 0.1) is 0 Å². The van der Waals surface area contributed by atoms with Crippen molar-refractivity contribution in [3.8, 4) is 0 Å². The zero-order valence-corrected chi connectivity index (χ0v) is 11.4. The molecule has 0 spiro atoms. The van der Waals surface area contributed by atoms with Crippen LogP contribution in [0.15, 0.2) is 0 Å². The molecule has 106 valence electrons. The molecule has 0 aromatic carbocycles. The molecule has 2 N–H and O–H groups in total. The first kappa shape index (κ1) is 15.4. The van der Waals surface area contributed by atoms with Crippen LogP contribution >= 0.6 is 0 Å². The lowest BCUT2D eigenvalue weighted by Gasteiger charge is -2.28. The van der Waals surface area contributed by atoms with Gasteiger partial charge in [-0.2, -0.15) is 0 Å². The first-order valence-electron chi connectivity index (χ1n) is 6.56. The van der Waals surface area contributed by atoms with E-state index in [1.54, 1.807) is 11.9 Å². The Morgan fingerprint density at radius 1 is 1.50 bits per heavy atom. The topological polar surface area (TPSA) is 65.0 Å². The third-order valence-electron chi connectivity index (χ3n) is 3.13. The second kappa shape index (κ2) is 8.42.